The second-order valence-corrected chi connectivity index (χ2v) is 9.39. The van der Waals surface area contributed by atoms with Crippen molar-refractivity contribution in [2.24, 2.45) is 0 Å². The van der Waals surface area contributed by atoms with Crippen molar-refractivity contribution >= 4 is 80.7 Å². The van der Waals surface area contributed by atoms with E-state index in [0.717, 1.165) is 20.1 Å². The van der Waals surface area contributed by atoms with Gasteiger partial charge < -0.3 is 5.11 Å². The number of rotatable bonds is 1. The summed E-state index contributed by atoms with van der Waals surface area (Å²) in [7, 11) is 0. The third kappa shape index (κ3) is 4.14. The summed E-state index contributed by atoms with van der Waals surface area (Å²) in [5, 5.41) is 13.3. The van der Waals surface area contributed by atoms with Crippen LogP contribution in [0.15, 0.2) is 50.7 Å². The van der Waals surface area contributed by atoms with Gasteiger partial charge in [-0.3, -0.25) is 0 Å². The Morgan fingerprint density at radius 2 is 1.52 bits per heavy atom. The zero-order chi connectivity index (χ0) is 18.1. The summed E-state index contributed by atoms with van der Waals surface area (Å²) in [6.45, 7) is 4.11. The van der Waals surface area contributed by atoms with Crippen molar-refractivity contribution in [2.75, 3.05) is 0 Å². The number of carbonyl (C=O) groups is 1. The van der Waals surface area contributed by atoms with Crippen molar-refractivity contribution in [1.29, 1.82) is 0 Å². The van der Waals surface area contributed by atoms with Gasteiger partial charge in [-0.15, -0.1) is 22.7 Å². The Morgan fingerprint density at radius 3 is 2.16 bits per heavy atom. The molecule has 0 aliphatic rings. The van der Waals surface area contributed by atoms with Gasteiger partial charge in [0.05, 0.1) is 0 Å². The topological polar surface area (TPSA) is 37.3 Å². The fourth-order valence-electron chi connectivity index (χ4n) is 2.49. The Morgan fingerprint density at radius 1 is 0.920 bits per heavy atom. The van der Waals surface area contributed by atoms with Crippen LogP contribution in [0.4, 0.5) is 0 Å². The third-order valence-electron chi connectivity index (χ3n) is 3.61. The van der Waals surface area contributed by atoms with Crippen molar-refractivity contribution in [3.8, 4) is 0 Å². The molecule has 2 aromatic carbocycles. The summed E-state index contributed by atoms with van der Waals surface area (Å²) in [4.78, 5) is 11.1. The van der Waals surface area contributed by atoms with Gasteiger partial charge in [-0.25, -0.2) is 4.79 Å². The normalized spacial score (nSPS) is 10.7. The molecule has 0 aliphatic heterocycles. The molecule has 4 rings (SSSR count). The van der Waals surface area contributed by atoms with Crippen LogP contribution < -0.4 is 0 Å². The molecule has 2 aromatic heterocycles. The van der Waals surface area contributed by atoms with Crippen molar-refractivity contribution in [3.63, 3.8) is 0 Å². The number of hydrogen-bond acceptors (Lipinski definition) is 3. The van der Waals surface area contributed by atoms with Gasteiger partial charge in [-0.2, -0.15) is 0 Å². The van der Waals surface area contributed by atoms with Gasteiger partial charge in [0.1, 0.15) is 4.88 Å². The molecule has 128 valence electrons. The van der Waals surface area contributed by atoms with E-state index in [-0.39, 0.29) is 0 Å². The Bertz CT molecular complexity index is 1080. The van der Waals surface area contributed by atoms with E-state index in [1.165, 1.54) is 31.5 Å². The lowest BCUT2D eigenvalue weighted by atomic mass is 10.2. The van der Waals surface area contributed by atoms with Crippen LogP contribution in [-0.4, -0.2) is 11.1 Å². The average Bonchev–Trinajstić information content (AvgIpc) is 3.14. The smallest absolute Gasteiger partial charge is 0.345 e. The number of aryl methyl sites for hydroxylation is 2. The number of aromatic carboxylic acids is 1. The first-order chi connectivity index (χ1) is 11.8. The Hall–Kier alpha value is -1.21. The van der Waals surface area contributed by atoms with Gasteiger partial charge in [0.25, 0.3) is 0 Å². The molecule has 0 aliphatic carbocycles. The van der Waals surface area contributed by atoms with E-state index in [9.17, 15) is 4.79 Å². The zero-order valence-electron chi connectivity index (χ0n) is 13.5. The number of benzene rings is 2. The predicted molar refractivity (Wildman–Crippen MR) is 115 cm³/mol. The molecule has 0 atom stereocenters. The minimum Gasteiger partial charge on any atom is -0.477 e. The average molecular weight is 498 g/mol. The molecular weight excluding hydrogens is 484 g/mol. The first kappa shape index (κ1) is 18.6. The quantitative estimate of drug-likeness (QED) is 0.293. The number of thiophene rings is 2. The molecule has 0 fully saturated rings. The zero-order valence-corrected chi connectivity index (χ0v) is 18.3. The number of hydrogen-bond donors (Lipinski definition) is 1. The number of carboxylic acid groups (broad SMARTS) is 1. The summed E-state index contributed by atoms with van der Waals surface area (Å²) in [6, 6.07) is 12.2. The van der Waals surface area contributed by atoms with Crippen LogP contribution in [-0.2, 0) is 0 Å². The predicted octanol–water partition coefficient (Wildman–Crippen LogP) is 7.64. The molecule has 0 bridgehead atoms. The van der Waals surface area contributed by atoms with Gasteiger partial charge in [0, 0.05) is 29.1 Å². The number of halogens is 2. The molecule has 0 amide bonds. The SMILES string of the molecule is Cc1cc(Br)c2cc(C(=O)O)sc2c1.Cc1cc(Br)c2ccsc2c1. The summed E-state index contributed by atoms with van der Waals surface area (Å²) in [5.41, 5.74) is 2.44. The molecule has 25 heavy (non-hydrogen) atoms. The third-order valence-corrected chi connectivity index (χ3v) is 6.85. The van der Waals surface area contributed by atoms with Crippen molar-refractivity contribution in [3.05, 3.63) is 66.7 Å². The molecule has 6 heteroatoms. The second-order valence-electron chi connectivity index (χ2n) is 5.65. The van der Waals surface area contributed by atoms with Crippen LogP contribution in [0.3, 0.4) is 0 Å². The Balaban J connectivity index is 0.000000150. The van der Waals surface area contributed by atoms with Crippen molar-refractivity contribution in [1.82, 2.24) is 0 Å². The maximum absolute atomic E-state index is 10.8. The minimum atomic E-state index is -0.865. The standard InChI is InChI=1S/C10H7BrO2S.C9H7BrS/c1-5-2-7(11)6-4-9(10(12)13)14-8(6)3-5;1-6-4-8(10)7-2-3-11-9(7)5-6/h2-4H,1H3,(H,12,13);2-5H,1H3. The van der Waals surface area contributed by atoms with Gasteiger partial charge in [0.15, 0.2) is 0 Å². The van der Waals surface area contributed by atoms with E-state index in [4.69, 9.17) is 5.11 Å². The molecule has 0 radical (unpaired) electrons. The summed E-state index contributed by atoms with van der Waals surface area (Å²) >= 11 is 10.0. The lowest BCUT2D eigenvalue weighted by Crippen LogP contribution is -1.89. The molecule has 0 unspecified atom stereocenters. The van der Waals surface area contributed by atoms with E-state index in [1.54, 1.807) is 17.4 Å². The van der Waals surface area contributed by atoms with Gasteiger partial charge in [0.2, 0.25) is 0 Å². The fraction of sp³-hybridized carbons (Fsp3) is 0.105. The van der Waals surface area contributed by atoms with Crippen molar-refractivity contribution < 1.29 is 9.90 Å². The van der Waals surface area contributed by atoms with E-state index in [0.29, 0.717) is 4.88 Å². The Labute approximate surface area is 170 Å². The molecule has 0 spiro atoms. The van der Waals surface area contributed by atoms with E-state index in [2.05, 4.69) is 62.4 Å². The number of carboxylic acids is 1. The maximum Gasteiger partial charge on any atom is 0.345 e. The highest BCUT2D eigenvalue weighted by atomic mass is 79.9. The van der Waals surface area contributed by atoms with Crippen molar-refractivity contribution in [2.45, 2.75) is 13.8 Å². The van der Waals surface area contributed by atoms with E-state index >= 15 is 0 Å². The first-order valence-electron chi connectivity index (χ1n) is 7.41. The second kappa shape index (κ2) is 7.58. The van der Waals surface area contributed by atoms with Crippen LogP contribution in [0.1, 0.15) is 20.8 Å². The van der Waals surface area contributed by atoms with Gasteiger partial charge in [-0.05, 0) is 66.8 Å². The highest BCUT2D eigenvalue weighted by Gasteiger charge is 2.10. The summed E-state index contributed by atoms with van der Waals surface area (Å²) in [5.74, 6) is -0.865. The van der Waals surface area contributed by atoms with Crippen LogP contribution >= 0.6 is 54.5 Å². The molecule has 4 aromatic rings. The maximum atomic E-state index is 10.8. The number of fused-ring (bicyclic) bond motifs is 2. The van der Waals surface area contributed by atoms with Gasteiger partial charge in [-0.1, -0.05) is 31.9 Å². The van der Waals surface area contributed by atoms with Crippen LogP contribution in [0.5, 0.6) is 0 Å². The monoisotopic (exact) mass is 496 g/mol. The molecule has 1 N–H and O–H groups in total. The van der Waals surface area contributed by atoms with Gasteiger partial charge >= 0.3 is 5.97 Å². The highest BCUT2D eigenvalue weighted by molar-refractivity contribution is 9.11. The van der Waals surface area contributed by atoms with Crippen LogP contribution in [0, 0.1) is 13.8 Å². The molecule has 2 heterocycles. The van der Waals surface area contributed by atoms with Crippen LogP contribution in [0.2, 0.25) is 0 Å². The largest absolute Gasteiger partial charge is 0.477 e. The minimum absolute atomic E-state index is 0.381. The molecule has 0 saturated heterocycles. The Kier molecular flexibility index (Phi) is 5.63. The summed E-state index contributed by atoms with van der Waals surface area (Å²) in [6.07, 6.45) is 0. The van der Waals surface area contributed by atoms with Crippen LogP contribution in [0.25, 0.3) is 20.2 Å². The summed E-state index contributed by atoms with van der Waals surface area (Å²) < 4.78 is 4.52. The lowest BCUT2D eigenvalue weighted by Gasteiger charge is -1.95. The first-order valence-corrected chi connectivity index (χ1v) is 10.7. The molecule has 2 nitrogen and oxygen atoms in total. The molecule has 0 saturated carbocycles. The highest BCUT2D eigenvalue weighted by Crippen LogP contribution is 2.32. The molecular formula is C19H14Br2O2S2. The van der Waals surface area contributed by atoms with E-state index < -0.39 is 5.97 Å². The lowest BCUT2D eigenvalue weighted by molar-refractivity contribution is 0.0702. The fourth-order valence-corrected chi connectivity index (χ4v) is 6.08. The van der Waals surface area contributed by atoms with E-state index in [1.807, 2.05) is 19.1 Å².